The standard InChI is InChI=1S/C13H26N2O2/c1-11(13(16)17-3)12(2)14-7-6-10-15-8-4-5-9-15/h11-12,14H,4-10H2,1-3H3. The molecule has 0 aliphatic carbocycles. The van der Waals surface area contributed by atoms with Crippen LogP contribution in [0.5, 0.6) is 0 Å². The van der Waals surface area contributed by atoms with Crippen molar-refractivity contribution in [1.82, 2.24) is 10.2 Å². The highest BCUT2D eigenvalue weighted by molar-refractivity contribution is 5.72. The SMILES string of the molecule is COC(=O)C(C)C(C)NCCCN1CCCC1. The Balaban J connectivity index is 2.06. The minimum atomic E-state index is -0.135. The van der Waals surface area contributed by atoms with Crippen LogP contribution in [0.2, 0.25) is 0 Å². The van der Waals surface area contributed by atoms with Gasteiger partial charge in [0.1, 0.15) is 0 Å². The molecule has 1 fully saturated rings. The monoisotopic (exact) mass is 242 g/mol. The lowest BCUT2D eigenvalue weighted by Gasteiger charge is -2.20. The van der Waals surface area contributed by atoms with E-state index < -0.39 is 0 Å². The van der Waals surface area contributed by atoms with E-state index in [-0.39, 0.29) is 17.9 Å². The summed E-state index contributed by atoms with van der Waals surface area (Å²) in [5, 5.41) is 3.39. The molecule has 0 aromatic heterocycles. The average molecular weight is 242 g/mol. The van der Waals surface area contributed by atoms with Crippen LogP contribution in [0, 0.1) is 5.92 Å². The highest BCUT2D eigenvalue weighted by Crippen LogP contribution is 2.08. The van der Waals surface area contributed by atoms with Gasteiger partial charge in [-0.3, -0.25) is 4.79 Å². The van der Waals surface area contributed by atoms with E-state index in [1.165, 1.54) is 39.6 Å². The summed E-state index contributed by atoms with van der Waals surface area (Å²) >= 11 is 0. The fourth-order valence-corrected chi connectivity index (χ4v) is 2.21. The van der Waals surface area contributed by atoms with Gasteiger partial charge in [-0.15, -0.1) is 0 Å². The normalized spacial score (nSPS) is 20.2. The van der Waals surface area contributed by atoms with Crippen molar-refractivity contribution in [1.29, 1.82) is 0 Å². The van der Waals surface area contributed by atoms with E-state index in [0.717, 1.165) is 13.0 Å². The number of nitrogens with one attached hydrogen (secondary N) is 1. The molecule has 0 aromatic carbocycles. The second-order valence-electron chi connectivity index (χ2n) is 4.96. The topological polar surface area (TPSA) is 41.6 Å². The maximum absolute atomic E-state index is 11.3. The molecule has 0 saturated carbocycles. The number of nitrogens with zero attached hydrogens (tertiary/aromatic N) is 1. The Hall–Kier alpha value is -0.610. The van der Waals surface area contributed by atoms with E-state index in [1.807, 2.05) is 13.8 Å². The molecule has 1 heterocycles. The van der Waals surface area contributed by atoms with Crippen LogP contribution in [0.4, 0.5) is 0 Å². The predicted molar refractivity (Wildman–Crippen MR) is 68.9 cm³/mol. The molecule has 17 heavy (non-hydrogen) atoms. The zero-order valence-corrected chi connectivity index (χ0v) is 11.4. The van der Waals surface area contributed by atoms with Gasteiger partial charge < -0.3 is 15.0 Å². The van der Waals surface area contributed by atoms with Crippen LogP contribution in [0.15, 0.2) is 0 Å². The Morgan fingerprint density at radius 3 is 2.59 bits per heavy atom. The third-order valence-corrected chi connectivity index (χ3v) is 3.64. The second kappa shape index (κ2) is 7.67. The molecule has 0 radical (unpaired) electrons. The van der Waals surface area contributed by atoms with Crippen LogP contribution in [0.25, 0.3) is 0 Å². The first kappa shape index (κ1) is 14.5. The summed E-state index contributed by atoms with van der Waals surface area (Å²) in [6, 6.07) is 0.182. The van der Waals surface area contributed by atoms with Crippen molar-refractivity contribution in [3.8, 4) is 0 Å². The van der Waals surface area contributed by atoms with Gasteiger partial charge in [-0.1, -0.05) is 6.92 Å². The highest BCUT2D eigenvalue weighted by Gasteiger charge is 2.20. The summed E-state index contributed by atoms with van der Waals surface area (Å²) in [6.45, 7) is 8.61. The summed E-state index contributed by atoms with van der Waals surface area (Å²) in [6.07, 6.45) is 3.85. The van der Waals surface area contributed by atoms with E-state index >= 15 is 0 Å². The van der Waals surface area contributed by atoms with Crippen LogP contribution in [0.1, 0.15) is 33.1 Å². The molecule has 4 heteroatoms. The number of carbonyl (C=O) groups is 1. The Morgan fingerprint density at radius 2 is 2.00 bits per heavy atom. The third kappa shape index (κ3) is 5.04. The molecule has 4 nitrogen and oxygen atoms in total. The number of ether oxygens (including phenoxy) is 1. The van der Waals surface area contributed by atoms with Crippen molar-refractivity contribution in [3.05, 3.63) is 0 Å². The van der Waals surface area contributed by atoms with Crippen LogP contribution in [0.3, 0.4) is 0 Å². The summed E-state index contributed by atoms with van der Waals surface area (Å²) in [4.78, 5) is 13.8. The van der Waals surface area contributed by atoms with Gasteiger partial charge in [0.15, 0.2) is 0 Å². The lowest BCUT2D eigenvalue weighted by atomic mass is 10.0. The van der Waals surface area contributed by atoms with Gasteiger partial charge in [0.05, 0.1) is 13.0 Å². The fourth-order valence-electron chi connectivity index (χ4n) is 2.21. The Kier molecular flexibility index (Phi) is 6.52. The largest absolute Gasteiger partial charge is 0.469 e. The summed E-state index contributed by atoms with van der Waals surface area (Å²) < 4.78 is 4.73. The number of carbonyl (C=O) groups excluding carboxylic acids is 1. The maximum Gasteiger partial charge on any atom is 0.309 e. The Labute approximate surface area is 105 Å². The highest BCUT2D eigenvalue weighted by atomic mass is 16.5. The zero-order chi connectivity index (χ0) is 12.7. The molecule has 2 unspecified atom stereocenters. The molecule has 1 rings (SSSR count). The minimum absolute atomic E-state index is 0.0770. The van der Waals surface area contributed by atoms with E-state index in [0.29, 0.717) is 0 Å². The number of rotatable bonds is 7. The van der Waals surface area contributed by atoms with Gasteiger partial charge in [-0.2, -0.15) is 0 Å². The van der Waals surface area contributed by atoms with Crippen molar-refractivity contribution in [3.63, 3.8) is 0 Å². The summed E-state index contributed by atoms with van der Waals surface area (Å²) in [5.41, 5.74) is 0. The number of likely N-dealkylation sites (tertiary alicyclic amines) is 1. The van der Waals surface area contributed by atoms with Crippen LogP contribution in [-0.4, -0.2) is 50.2 Å². The molecule has 1 saturated heterocycles. The lowest BCUT2D eigenvalue weighted by Crippen LogP contribution is -2.38. The first-order valence-corrected chi connectivity index (χ1v) is 6.68. The smallest absolute Gasteiger partial charge is 0.309 e. The van der Waals surface area contributed by atoms with Crippen LogP contribution < -0.4 is 5.32 Å². The van der Waals surface area contributed by atoms with Crippen molar-refractivity contribution < 1.29 is 9.53 Å². The molecule has 0 spiro atoms. The molecular weight excluding hydrogens is 216 g/mol. The minimum Gasteiger partial charge on any atom is -0.469 e. The van der Waals surface area contributed by atoms with Gasteiger partial charge >= 0.3 is 5.97 Å². The maximum atomic E-state index is 11.3. The van der Waals surface area contributed by atoms with Crippen LogP contribution in [-0.2, 0) is 9.53 Å². The molecule has 1 N–H and O–H groups in total. The molecule has 0 amide bonds. The van der Waals surface area contributed by atoms with Crippen molar-refractivity contribution in [2.45, 2.75) is 39.2 Å². The van der Waals surface area contributed by atoms with Gasteiger partial charge in [0.25, 0.3) is 0 Å². The van der Waals surface area contributed by atoms with Crippen LogP contribution >= 0.6 is 0 Å². The van der Waals surface area contributed by atoms with Crippen molar-refractivity contribution in [2.75, 3.05) is 33.3 Å². The van der Waals surface area contributed by atoms with Gasteiger partial charge in [0.2, 0.25) is 0 Å². The van der Waals surface area contributed by atoms with Gasteiger partial charge in [-0.05, 0) is 52.4 Å². The quantitative estimate of drug-likeness (QED) is 0.539. The first-order chi connectivity index (χ1) is 8.15. The average Bonchev–Trinajstić information content (AvgIpc) is 2.85. The van der Waals surface area contributed by atoms with Gasteiger partial charge in [-0.25, -0.2) is 0 Å². The molecule has 1 aliphatic heterocycles. The number of esters is 1. The molecule has 2 atom stereocenters. The molecular formula is C13H26N2O2. The van der Waals surface area contributed by atoms with Crippen molar-refractivity contribution >= 4 is 5.97 Å². The molecule has 1 aliphatic rings. The Morgan fingerprint density at radius 1 is 1.35 bits per heavy atom. The third-order valence-electron chi connectivity index (χ3n) is 3.64. The zero-order valence-electron chi connectivity index (χ0n) is 11.4. The van der Waals surface area contributed by atoms with E-state index in [4.69, 9.17) is 4.74 Å². The first-order valence-electron chi connectivity index (χ1n) is 6.68. The molecule has 100 valence electrons. The summed E-state index contributed by atoms with van der Waals surface area (Å²) in [7, 11) is 1.44. The number of hydrogen-bond acceptors (Lipinski definition) is 4. The lowest BCUT2D eigenvalue weighted by molar-refractivity contribution is -0.145. The Bertz CT molecular complexity index is 227. The van der Waals surface area contributed by atoms with Gasteiger partial charge in [0, 0.05) is 6.04 Å². The van der Waals surface area contributed by atoms with E-state index in [1.54, 1.807) is 0 Å². The molecule has 0 aromatic rings. The summed E-state index contributed by atoms with van der Waals surface area (Å²) in [5.74, 6) is -0.212. The second-order valence-corrected chi connectivity index (χ2v) is 4.96. The number of methoxy groups -OCH3 is 1. The van der Waals surface area contributed by atoms with E-state index in [2.05, 4.69) is 10.2 Å². The predicted octanol–water partition coefficient (Wildman–Crippen LogP) is 1.26. The van der Waals surface area contributed by atoms with Crippen molar-refractivity contribution in [2.24, 2.45) is 5.92 Å². The fraction of sp³-hybridized carbons (Fsp3) is 0.923. The molecule has 0 bridgehead atoms. The number of hydrogen-bond donors (Lipinski definition) is 1. The van der Waals surface area contributed by atoms with E-state index in [9.17, 15) is 4.79 Å².